The van der Waals surface area contributed by atoms with Gasteiger partial charge in [-0.05, 0) is 61.0 Å². The summed E-state index contributed by atoms with van der Waals surface area (Å²) in [5.41, 5.74) is -2.29. The van der Waals surface area contributed by atoms with Gasteiger partial charge in [0.25, 0.3) is 5.91 Å². The topological polar surface area (TPSA) is 171 Å². The van der Waals surface area contributed by atoms with Crippen LogP contribution in [0.15, 0.2) is 35.2 Å². The molecule has 53 heavy (non-hydrogen) atoms. The van der Waals surface area contributed by atoms with Gasteiger partial charge in [-0.1, -0.05) is 65.7 Å². The van der Waals surface area contributed by atoms with E-state index in [4.69, 9.17) is 6.42 Å². The van der Waals surface area contributed by atoms with Gasteiger partial charge in [0.05, 0.1) is 22.2 Å². The van der Waals surface area contributed by atoms with Crippen molar-refractivity contribution in [3.8, 4) is 12.3 Å². The quantitative estimate of drug-likeness (QED) is 0.120. The first-order valence-electron chi connectivity index (χ1n) is 18.1. The number of Topliss-reactive ketones (excluding diaryl/α,β-unsaturated/α-hetero) is 1. The van der Waals surface area contributed by atoms with E-state index in [2.05, 4.69) is 27.2 Å². The minimum absolute atomic E-state index is 0.0206. The summed E-state index contributed by atoms with van der Waals surface area (Å²) in [5.74, 6) is -5.13. The summed E-state index contributed by atoms with van der Waals surface area (Å²) in [5, 5.41) is 10.5. The number of nitrogens with zero attached hydrogens (tertiary/aromatic N) is 1. The van der Waals surface area contributed by atoms with E-state index in [0.29, 0.717) is 32.6 Å². The van der Waals surface area contributed by atoms with Crippen molar-refractivity contribution in [2.45, 2.75) is 121 Å². The van der Waals surface area contributed by atoms with Crippen molar-refractivity contribution < 1.29 is 41.2 Å². The normalized spacial score (nSPS) is 22.8. The standard InChI is InChI=1S/C38H53F2N5O7S/c1-8-9-21-41-32(48)29(46)26(17-20-37(7,39)40)42-31(47)28-27-25(36(27,5)6)22-45(28)33(49)30(35(2,3)4)43-34(50)44-38(18-13-14-19-38)23-53(51,52)24-15-11-10-12-16-24/h1,10-12,15-16,25-28,30H,9,13-14,17-23H2,2-7H3,(H,41,48)(H,42,47)(H2,43,44,50)/t25-,26?,27-,28-,30+/m0/s1. The van der Waals surface area contributed by atoms with Crippen LogP contribution >= 0.6 is 0 Å². The molecule has 2 aliphatic carbocycles. The van der Waals surface area contributed by atoms with E-state index < -0.39 is 87.2 Å². The molecule has 3 fully saturated rings. The van der Waals surface area contributed by atoms with Crippen LogP contribution in [-0.2, 0) is 29.0 Å². The molecule has 0 radical (unpaired) electrons. The van der Waals surface area contributed by atoms with Gasteiger partial charge in [0.15, 0.2) is 9.84 Å². The summed E-state index contributed by atoms with van der Waals surface area (Å²) in [7, 11) is -3.76. The number of urea groups is 1. The number of alkyl halides is 2. The zero-order chi connectivity index (χ0) is 39.6. The smallest absolute Gasteiger partial charge is 0.315 e. The third-order valence-corrected chi connectivity index (χ3v) is 12.9. The van der Waals surface area contributed by atoms with Crippen LogP contribution in [0.1, 0.15) is 86.5 Å². The van der Waals surface area contributed by atoms with Gasteiger partial charge in [-0.25, -0.2) is 22.0 Å². The number of fused-ring (bicyclic) bond motifs is 1. The molecule has 1 aromatic rings. The number of piperidine rings is 1. The molecular formula is C38H53F2N5O7S. The fourth-order valence-corrected chi connectivity index (χ4v) is 9.71. The number of benzene rings is 1. The van der Waals surface area contributed by atoms with Crippen LogP contribution in [0.2, 0.25) is 0 Å². The van der Waals surface area contributed by atoms with Gasteiger partial charge in [-0.2, -0.15) is 0 Å². The van der Waals surface area contributed by atoms with Gasteiger partial charge < -0.3 is 26.2 Å². The van der Waals surface area contributed by atoms with Crippen molar-refractivity contribution in [2.24, 2.45) is 22.7 Å². The molecule has 4 N–H and O–H groups in total. The number of rotatable bonds is 15. The minimum Gasteiger partial charge on any atom is -0.348 e. The third kappa shape index (κ3) is 9.93. The lowest BCUT2D eigenvalue weighted by atomic mass is 9.85. The average molecular weight is 762 g/mol. The Balaban J connectivity index is 1.55. The van der Waals surface area contributed by atoms with Crippen molar-refractivity contribution in [3.05, 3.63) is 30.3 Å². The molecule has 0 aromatic heterocycles. The molecule has 1 unspecified atom stereocenters. The third-order valence-electron chi connectivity index (χ3n) is 10.9. The van der Waals surface area contributed by atoms with Crippen LogP contribution in [0.3, 0.4) is 0 Å². The van der Waals surface area contributed by atoms with Crippen LogP contribution in [0, 0.1) is 35.0 Å². The number of carbonyl (C=O) groups is 5. The molecule has 1 aromatic carbocycles. The fourth-order valence-electron chi connectivity index (χ4n) is 7.89. The molecule has 3 aliphatic rings. The van der Waals surface area contributed by atoms with Gasteiger partial charge in [0.2, 0.25) is 23.5 Å². The highest BCUT2D eigenvalue weighted by molar-refractivity contribution is 7.91. The Morgan fingerprint density at radius 2 is 1.64 bits per heavy atom. The van der Waals surface area contributed by atoms with Crippen molar-refractivity contribution in [1.29, 1.82) is 0 Å². The number of likely N-dealkylation sites (tertiary alicyclic amines) is 1. The number of halogens is 2. The van der Waals surface area contributed by atoms with Gasteiger partial charge in [0.1, 0.15) is 12.1 Å². The number of sulfone groups is 1. The van der Waals surface area contributed by atoms with E-state index >= 15 is 0 Å². The van der Waals surface area contributed by atoms with Gasteiger partial charge >= 0.3 is 6.03 Å². The Kier molecular flexibility index (Phi) is 12.4. The second-order valence-electron chi connectivity index (χ2n) is 16.6. The number of amides is 5. The van der Waals surface area contributed by atoms with Crippen LogP contribution in [0.25, 0.3) is 0 Å². The summed E-state index contributed by atoms with van der Waals surface area (Å²) >= 11 is 0. The molecule has 0 bridgehead atoms. The largest absolute Gasteiger partial charge is 0.348 e. The Morgan fingerprint density at radius 1 is 1.02 bits per heavy atom. The number of hydrogen-bond donors (Lipinski definition) is 4. The maximum absolute atomic E-state index is 14.4. The maximum atomic E-state index is 14.4. The van der Waals surface area contributed by atoms with Crippen molar-refractivity contribution in [3.63, 3.8) is 0 Å². The number of ketones is 1. The molecular weight excluding hydrogens is 709 g/mol. The summed E-state index contributed by atoms with van der Waals surface area (Å²) in [6.45, 7) is 9.95. The average Bonchev–Trinajstić information content (AvgIpc) is 3.42. The molecule has 12 nitrogen and oxygen atoms in total. The molecule has 0 spiro atoms. The highest BCUT2D eigenvalue weighted by Crippen LogP contribution is 2.65. The van der Waals surface area contributed by atoms with Crippen LogP contribution in [0.4, 0.5) is 13.6 Å². The first kappa shape index (κ1) is 41.7. The van der Waals surface area contributed by atoms with E-state index in [1.54, 1.807) is 39.0 Å². The van der Waals surface area contributed by atoms with Gasteiger partial charge in [-0.3, -0.25) is 19.2 Å². The second-order valence-corrected chi connectivity index (χ2v) is 18.6. The SMILES string of the molecule is C#CCCNC(=O)C(=O)C(CCC(C)(F)F)NC(=O)[C@@H]1[C@@H]2[C@H](CN1C(=O)[C@@H](NC(=O)NC1(CS(=O)(=O)c3ccccc3)CCCC1)C(C)(C)C)C2(C)C. The molecule has 1 heterocycles. The molecule has 5 atom stereocenters. The van der Waals surface area contributed by atoms with Crippen LogP contribution < -0.4 is 21.3 Å². The maximum Gasteiger partial charge on any atom is 0.315 e. The first-order chi connectivity index (χ1) is 24.5. The molecule has 15 heteroatoms. The molecule has 2 saturated carbocycles. The van der Waals surface area contributed by atoms with E-state index in [-0.39, 0.29) is 47.4 Å². The predicted octanol–water partition coefficient (Wildman–Crippen LogP) is 3.60. The van der Waals surface area contributed by atoms with Crippen molar-refractivity contribution in [2.75, 3.05) is 18.8 Å². The Bertz CT molecular complexity index is 1710. The lowest BCUT2D eigenvalue weighted by Crippen LogP contribution is -2.63. The molecule has 5 amide bonds. The molecule has 1 saturated heterocycles. The number of carbonyl (C=O) groups excluding carboxylic acids is 5. The molecule has 4 rings (SSSR count). The number of terminal acetylenes is 1. The first-order valence-corrected chi connectivity index (χ1v) is 19.8. The monoisotopic (exact) mass is 761 g/mol. The van der Waals surface area contributed by atoms with E-state index in [9.17, 15) is 41.2 Å². The summed E-state index contributed by atoms with van der Waals surface area (Å²) in [6, 6.07) is 3.40. The van der Waals surface area contributed by atoms with E-state index in [0.717, 1.165) is 0 Å². The summed E-state index contributed by atoms with van der Waals surface area (Å²) in [4.78, 5) is 69.5. The number of hydrogen-bond acceptors (Lipinski definition) is 7. The van der Waals surface area contributed by atoms with Crippen molar-refractivity contribution >= 4 is 39.4 Å². The van der Waals surface area contributed by atoms with E-state index in [1.807, 2.05) is 13.8 Å². The van der Waals surface area contributed by atoms with Gasteiger partial charge in [0, 0.05) is 25.9 Å². The highest BCUT2D eigenvalue weighted by Gasteiger charge is 2.70. The van der Waals surface area contributed by atoms with Crippen molar-refractivity contribution in [1.82, 2.24) is 26.2 Å². The summed E-state index contributed by atoms with van der Waals surface area (Å²) < 4.78 is 54.6. The van der Waals surface area contributed by atoms with E-state index in [1.165, 1.54) is 17.0 Å². The fraction of sp³-hybridized carbons (Fsp3) is 0.658. The Hall–Kier alpha value is -4.06. The minimum atomic E-state index is -3.76. The zero-order valence-electron chi connectivity index (χ0n) is 31.4. The van der Waals surface area contributed by atoms with Gasteiger partial charge in [-0.15, -0.1) is 12.3 Å². The highest BCUT2D eigenvalue weighted by atomic mass is 32.2. The number of nitrogens with one attached hydrogen (secondary N) is 4. The van der Waals surface area contributed by atoms with Crippen LogP contribution in [0.5, 0.6) is 0 Å². The predicted molar refractivity (Wildman–Crippen MR) is 194 cm³/mol. The summed E-state index contributed by atoms with van der Waals surface area (Å²) in [6.07, 6.45) is 6.31. The molecule has 292 valence electrons. The Morgan fingerprint density at radius 3 is 2.21 bits per heavy atom. The lowest BCUT2D eigenvalue weighted by Gasteiger charge is -2.39. The zero-order valence-corrected chi connectivity index (χ0v) is 32.2. The second kappa shape index (κ2) is 15.7. The Labute approximate surface area is 311 Å². The van der Waals surface area contributed by atoms with Crippen LogP contribution in [-0.4, -0.2) is 91.3 Å². The lowest BCUT2D eigenvalue weighted by molar-refractivity contribution is -0.145. The molecule has 1 aliphatic heterocycles.